The Hall–Kier alpha value is -0.980. The molecule has 0 aliphatic rings. The highest BCUT2D eigenvalue weighted by molar-refractivity contribution is 5.28. The standard InChI is InChI=1S/C17H28O/c1-3-5-6-7-8-10-15(9-4-2)16-11-13-17(18)14-12-16/h11-15,18H,3-10H2,1-2H3. The molecule has 1 aromatic carbocycles. The summed E-state index contributed by atoms with van der Waals surface area (Å²) in [6.45, 7) is 4.51. The van der Waals surface area contributed by atoms with Crippen LogP contribution >= 0.6 is 0 Å². The van der Waals surface area contributed by atoms with E-state index in [4.69, 9.17) is 0 Å². The molecule has 18 heavy (non-hydrogen) atoms. The average Bonchev–Trinajstić information content (AvgIpc) is 2.38. The van der Waals surface area contributed by atoms with E-state index >= 15 is 0 Å². The lowest BCUT2D eigenvalue weighted by Gasteiger charge is -2.16. The summed E-state index contributed by atoms with van der Waals surface area (Å²) < 4.78 is 0. The highest BCUT2D eigenvalue weighted by Crippen LogP contribution is 2.28. The summed E-state index contributed by atoms with van der Waals surface area (Å²) in [7, 11) is 0. The second kappa shape index (κ2) is 9.02. The van der Waals surface area contributed by atoms with Gasteiger partial charge in [0.1, 0.15) is 5.75 Å². The number of benzene rings is 1. The fourth-order valence-electron chi connectivity index (χ4n) is 2.57. The second-order valence-electron chi connectivity index (χ2n) is 5.28. The van der Waals surface area contributed by atoms with Crippen LogP contribution in [-0.2, 0) is 0 Å². The number of hydrogen-bond acceptors (Lipinski definition) is 1. The molecule has 1 heteroatoms. The maximum absolute atomic E-state index is 9.34. The van der Waals surface area contributed by atoms with Crippen LogP contribution in [0.4, 0.5) is 0 Å². The van der Waals surface area contributed by atoms with Gasteiger partial charge >= 0.3 is 0 Å². The van der Waals surface area contributed by atoms with Crippen molar-refractivity contribution in [3.63, 3.8) is 0 Å². The second-order valence-corrected chi connectivity index (χ2v) is 5.28. The first-order valence-corrected chi connectivity index (χ1v) is 7.56. The SMILES string of the molecule is CCCCCCCC(CCC)c1ccc(O)cc1. The predicted octanol–water partition coefficient (Wildman–Crippen LogP) is 5.64. The van der Waals surface area contributed by atoms with Crippen molar-refractivity contribution in [1.29, 1.82) is 0 Å². The molecule has 1 nitrogen and oxygen atoms in total. The third-order valence-corrected chi connectivity index (χ3v) is 3.66. The zero-order valence-electron chi connectivity index (χ0n) is 12.0. The highest BCUT2D eigenvalue weighted by atomic mass is 16.3. The molecule has 0 bridgehead atoms. The summed E-state index contributed by atoms with van der Waals surface area (Å²) in [6.07, 6.45) is 10.6. The van der Waals surface area contributed by atoms with Crippen LogP contribution in [-0.4, -0.2) is 5.11 Å². The summed E-state index contributed by atoms with van der Waals surface area (Å²) in [6, 6.07) is 7.80. The van der Waals surface area contributed by atoms with E-state index in [-0.39, 0.29) is 0 Å². The van der Waals surface area contributed by atoms with Crippen molar-refractivity contribution < 1.29 is 5.11 Å². The molecular weight excluding hydrogens is 220 g/mol. The van der Waals surface area contributed by atoms with Gasteiger partial charge in [-0.3, -0.25) is 0 Å². The molecule has 0 saturated heterocycles. The average molecular weight is 248 g/mol. The molecule has 0 fully saturated rings. The lowest BCUT2D eigenvalue weighted by Crippen LogP contribution is -1.98. The zero-order chi connectivity index (χ0) is 13.2. The number of hydrogen-bond donors (Lipinski definition) is 1. The van der Waals surface area contributed by atoms with E-state index in [2.05, 4.69) is 26.0 Å². The van der Waals surface area contributed by atoms with E-state index in [1.165, 1.54) is 56.9 Å². The van der Waals surface area contributed by atoms with Crippen LogP contribution in [0.1, 0.15) is 76.7 Å². The molecule has 0 aliphatic carbocycles. The highest BCUT2D eigenvalue weighted by Gasteiger charge is 2.10. The maximum Gasteiger partial charge on any atom is 0.115 e. The third-order valence-electron chi connectivity index (χ3n) is 3.66. The first-order chi connectivity index (χ1) is 8.77. The molecule has 0 saturated carbocycles. The Balaban J connectivity index is 2.41. The monoisotopic (exact) mass is 248 g/mol. The molecule has 102 valence electrons. The summed E-state index contributed by atoms with van der Waals surface area (Å²) in [5.74, 6) is 1.05. The Morgan fingerprint density at radius 1 is 0.833 bits per heavy atom. The van der Waals surface area contributed by atoms with Gasteiger partial charge in [-0.1, -0.05) is 64.5 Å². The van der Waals surface area contributed by atoms with E-state index in [0.717, 1.165) is 0 Å². The van der Waals surface area contributed by atoms with Crippen molar-refractivity contribution in [2.24, 2.45) is 0 Å². The van der Waals surface area contributed by atoms with Gasteiger partial charge in [-0.2, -0.15) is 0 Å². The van der Waals surface area contributed by atoms with E-state index < -0.39 is 0 Å². The normalized spacial score (nSPS) is 12.6. The van der Waals surface area contributed by atoms with Gasteiger partial charge in [0.05, 0.1) is 0 Å². The van der Waals surface area contributed by atoms with Gasteiger partial charge in [0.15, 0.2) is 0 Å². The van der Waals surface area contributed by atoms with Gasteiger partial charge in [-0.25, -0.2) is 0 Å². The van der Waals surface area contributed by atoms with Crippen LogP contribution in [0.15, 0.2) is 24.3 Å². The Kier molecular flexibility index (Phi) is 7.55. The van der Waals surface area contributed by atoms with E-state index in [0.29, 0.717) is 11.7 Å². The summed E-state index contributed by atoms with van der Waals surface area (Å²) in [5, 5.41) is 9.34. The minimum atomic E-state index is 0.372. The molecule has 0 radical (unpaired) electrons. The van der Waals surface area contributed by atoms with Crippen molar-refractivity contribution in [1.82, 2.24) is 0 Å². The Labute approximate surface area is 112 Å². The van der Waals surface area contributed by atoms with Crippen molar-refractivity contribution in [2.75, 3.05) is 0 Å². The number of phenolic OH excluding ortho intramolecular Hbond substituents is 1. The van der Waals surface area contributed by atoms with Crippen molar-refractivity contribution in [3.8, 4) is 5.75 Å². The van der Waals surface area contributed by atoms with Gasteiger partial charge < -0.3 is 5.11 Å². The molecule has 1 rings (SSSR count). The lowest BCUT2D eigenvalue weighted by molar-refractivity contribution is 0.473. The molecule has 1 aromatic rings. The number of aromatic hydroxyl groups is 1. The van der Waals surface area contributed by atoms with Gasteiger partial charge in [0.25, 0.3) is 0 Å². The quantitative estimate of drug-likeness (QED) is 0.561. The molecule has 0 aliphatic heterocycles. The maximum atomic E-state index is 9.34. The fraction of sp³-hybridized carbons (Fsp3) is 0.647. The van der Waals surface area contributed by atoms with Gasteiger partial charge in [0, 0.05) is 0 Å². The smallest absolute Gasteiger partial charge is 0.115 e. The van der Waals surface area contributed by atoms with Gasteiger partial charge in [-0.15, -0.1) is 0 Å². The van der Waals surface area contributed by atoms with E-state index in [9.17, 15) is 5.11 Å². The molecule has 0 heterocycles. The molecule has 0 spiro atoms. The molecule has 0 aromatic heterocycles. The van der Waals surface area contributed by atoms with Crippen molar-refractivity contribution >= 4 is 0 Å². The largest absolute Gasteiger partial charge is 0.508 e. The fourth-order valence-corrected chi connectivity index (χ4v) is 2.57. The zero-order valence-corrected chi connectivity index (χ0v) is 12.0. The van der Waals surface area contributed by atoms with Crippen LogP contribution in [0.5, 0.6) is 5.75 Å². The molecule has 1 unspecified atom stereocenters. The topological polar surface area (TPSA) is 20.2 Å². The van der Waals surface area contributed by atoms with Crippen LogP contribution in [0.25, 0.3) is 0 Å². The third kappa shape index (κ3) is 5.57. The first kappa shape index (κ1) is 15.1. The number of phenols is 1. The predicted molar refractivity (Wildman–Crippen MR) is 79.1 cm³/mol. The Morgan fingerprint density at radius 2 is 1.50 bits per heavy atom. The van der Waals surface area contributed by atoms with Gasteiger partial charge in [-0.05, 0) is 36.5 Å². The van der Waals surface area contributed by atoms with Gasteiger partial charge in [0.2, 0.25) is 0 Å². The lowest BCUT2D eigenvalue weighted by atomic mass is 9.89. The molecular formula is C17H28O. The molecule has 1 N–H and O–H groups in total. The minimum absolute atomic E-state index is 0.372. The molecule has 0 amide bonds. The van der Waals surface area contributed by atoms with Crippen molar-refractivity contribution in [3.05, 3.63) is 29.8 Å². The summed E-state index contributed by atoms with van der Waals surface area (Å²) in [5.41, 5.74) is 1.39. The van der Waals surface area contributed by atoms with Crippen molar-refractivity contribution in [2.45, 2.75) is 71.1 Å². The van der Waals surface area contributed by atoms with Crippen LogP contribution < -0.4 is 0 Å². The summed E-state index contributed by atoms with van der Waals surface area (Å²) in [4.78, 5) is 0. The minimum Gasteiger partial charge on any atom is -0.508 e. The number of unbranched alkanes of at least 4 members (excludes halogenated alkanes) is 4. The Morgan fingerprint density at radius 3 is 2.11 bits per heavy atom. The van der Waals surface area contributed by atoms with Crippen LogP contribution in [0.3, 0.4) is 0 Å². The van der Waals surface area contributed by atoms with E-state index in [1.54, 1.807) is 0 Å². The van der Waals surface area contributed by atoms with Crippen LogP contribution in [0, 0.1) is 0 Å². The first-order valence-electron chi connectivity index (χ1n) is 7.56. The Bertz CT molecular complexity index is 302. The molecule has 1 atom stereocenters. The summed E-state index contributed by atoms with van der Waals surface area (Å²) >= 11 is 0. The number of rotatable bonds is 9. The van der Waals surface area contributed by atoms with Crippen LogP contribution in [0.2, 0.25) is 0 Å². The van der Waals surface area contributed by atoms with E-state index in [1.807, 2.05) is 12.1 Å².